The Hall–Kier alpha value is -2.47. The maximum atomic E-state index is 14.1. The van der Waals surface area contributed by atoms with Gasteiger partial charge >= 0.3 is 0 Å². The van der Waals surface area contributed by atoms with Crippen LogP contribution in [0.3, 0.4) is 0 Å². The summed E-state index contributed by atoms with van der Waals surface area (Å²) in [7, 11) is -3.61. The molecule has 1 aromatic heterocycles. The van der Waals surface area contributed by atoms with E-state index in [-0.39, 0.29) is 4.90 Å². The number of aryl methyl sites for hydroxylation is 1. The van der Waals surface area contributed by atoms with Crippen LogP contribution in [-0.2, 0) is 9.84 Å². The van der Waals surface area contributed by atoms with Gasteiger partial charge in [0.25, 0.3) is 0 Å². The maximum absolute atomic E-state index is 14.1. The summed E-state index contributed by atoms with van der Waals surface area (Å²) in [5.41, 5.74) is 2.60. The van der Waals surface area contributed by atoms with Gasteiger partial charge in [-0.05, 0) is 24.6 Å². The van der Waals surface area contributed by atoms with Gasteiger partial charge in [-0.1, -0.05) is 41.6 Å². The van der Waals surface area contributed by atoms with Gasteiger partial charge in [-0.3, -0.25) is 0 Å². The molecule has 0 amide bonds. The monoisotopic (exact) mass is 330 g/mol. The van der Waals surface area contributed by atoms with Crippen molar-refractivity contribution in [2.45, 2.75) is 11.8 Å². The fourth-order valence-electron chi connectivity index (χ4n) is 2.46. The minimum Gasteiger partial charge on any atom is -0.360 e. The normalized spacial score (nSPS) is 11.6. The molecule has 3 aromatic rings. The number of hydrogen-bond donors (Lipinski definition) is 0. The number of rotatable bonds is 3. The predicted molar refractivity (Wildman–Crippen MR) is 85.2 cm³/mol. The number of nitrogens with zero attached hydrogens (tertiary/aromatic N) is 1. The Morgan fingerprint density at radius 2 is 1.74 bits per heavy atom. The summed E-state index contributed by atoms with van der Waals surface area (Å²) in [4.78, 5) is -0.331. The molecule has 0 atom stereocenters. The molecule has 118 valence electrons. The number of halogens is 1. The summed E-state index contributed by atoms with van der Waals surface area (Å²) in [5, 5.41) is 4.00. The molecule has 23 heavy (non-hydrogen) atoms. The number of benzene rings is 2. The van der Waals surface area contributed by atoms with Gasteiger partial charge in [0.05, 0.1) is 5.56 Å². The van der Waals surface area contributed by atoms with Gasteiger partial charge in [0.15, 0.2) is 9.84 Å². The average Bonchev–Trinajstić information content (AvgIpc) is 2.88. The van der Waals surface area contributed by atoms with Crippen LogP contribution in [0.15, 0.2) is 57.9 Å². The van der Waals surface area contributed by atoms with Gasteiger partial charge in [-0.2, -0.15) is 0 Å². The zero-order valence-electron chi connectivity index (χ0n) is 12.6. The van der Waals surface area contributed by atoms with E-state index in [1.54, 1.807) is 6.92 Å². The first kappa shape index (κ1) is 15.4. The van der Waals surface area contributed by atoms with Crippen molar-refractivity contribution in [3.05, 3.63) is 60.1 Å². The van der Waals surface area contributed by atoms with Gasteiger partial charge in [0, 0.05) is 11.8 Å². The Bertz CT molecular complexity index is 963. The number of aromatic nitrogens is 1. The Morgan fingerprint density at radius 3 is 2.35 bits per heavy atom. The first-order valence-electron chi connectivity index (χ1n) is 6.89. The molecule has 0 aliphatic carbocycles. The van der Waals surface area contributed by atoms with Crippen LogP contribution >= 0.6 is 0 Å². The zero-order valence-corrected chi connectivity index (χ0v) is 13.4. The molecular weight excluding hydrogens is 316 g/mol. The second-order valence-corrected chi connectivity index (χ2v) is 7.23. The molecule has 0 fully saturated rings. The van der Waals surface area contributed by atoms with Crippen molar-refractivity contribution in [1.29, 1.82) is 0 Å². The molecule has 4 nitrogen and oxygen atoms in total. The summed E-state index contributed by atoms with van der Waals surface area (Å²) < 4.78 is 42.4. The molecule has 0 N–H and O–H groups in total. The quantitative estimate of drug-likeness (QED) is 0.731. The highest BCUT2D eigenvalue weighted by molar-refractivity contribution is 7.90. The molecule has 2 aromatic carbocycles. The SMILES string of the molecule is Cc1onc(-c2ccc(S(C)(=O)=O)c([18F])c2)c1-c1ccccc1. The molecule has 0 bridgehead atoms. The lowest BCUT2D eigenvalue weighted by molar-refractivity contribution is 0.400. The Balaban J connectivity index is 2.16. The smallest absolute Gasteiger partial charge is 0.178 e. The molecule has 0 aliphatic rings. The highest BCUT2D eigenvalue weighted by Gasteiger charge is 2.19. The third-order valence-corrected chi connectivity index (χ3v) is 4.66. The van der Waals surface area contributed by atoms with Crippen LogP contribution in [-0.4, -0.2) is 19.8 Å². The van der Waals surface area contributed by atoms with Gasteiger partial charge in [0.1, 0.15) is 22.2 Å². The Kier molecular flexibility index (Phi) is 3.77. The van der Waals surface area contributed by atoms with Gasteiger partial charge in [-0.25, -0.2) is 12.8 Å². The molecule has 1 heterocycles. The molecular formula is C17H14FNO3S. The topological polar surface area (TPSA) is 60.2 Å². The van der Waals surface area contributed by atoms with E-state index in [0.717, 1.165) is 17.4 Å². The van der Waals surface area contributed by atoms with Crippen molar-refractivity contribution >= 4 is 9.84 Å². The standard InChI is InChI=1S/C17H14FNO3S/c1-11-16(12-6-4-3-5-7-12)17(19-22-11)13-8-9-15(14(18)10-13)23(2,20)21/h3-10H,1-2H3/i18-1. The van der Waals surface area contributed by atoms with Gasteiger partial charge in [0.2, 0.25) is 0 Å². The van der Waals surface area contributed by atoms with Crippen LogP contribution in [0.5, 0.6) is 0 Å². The van der Waals surface area contributed by atoms with Gasteiger partial charge < -0.3 is 4.52 Å². The molecule has 3 rings (SSSR count). The highest BCUT2D eigenvalue weighted by Crippen LogP contribution is 2.35. The fraction of sp³-hybridized carbons (Fsp3) is 0.118. The van der Waals surface area contributed by atoms with Crippen LogP contribution in [0.2, 0.25) is 0 Å². The van der Waals surface area contributed by atoms with Gasteiger partial charge in [-0.15, -0.1) is 0 Å². The van der Waals surface area contributed by atoms with E-state index in [9.17, 15) is 12.8 Å². The third kappa shape index (κ3) is 2.90. The Morgan fingerprint density at radius 1 is 1.04 bits per heavy atom. The van der Waals surface area contributed by atoms with E-state index < -0.39 is 15.7 Å². The minimum atomic E-state index is -3.61. The van der Waals surface area contributed by atoms with Crippen molar-refractivity contribution in [3.63, 3.8) is 0 Å². The molecule has 6 heteroatoms. The van der Waals surface area contributed by atoms with Crippen LogP contribution in [0.4, 0.5) is 4.39 Å². The van der Waals surface area contributed by atoms with Crippen molar-refractivity contribution in [2.75, 3.05) is 6.26 Å². The number of sulfone groups is 1. The van der Waals surface area contributed by atoms with Crippen molar-refractivity contribution in [1.82, 2.24) is 5.16 Å². The second-order valence-electron chi connectivity index (χ2n) is 5.25. The van der Waals surface area contributed by atoms with E-state index >= 15 is 0 Å². The minimum absolute atomic E-state index is 0.331. The van der Waals surface area contributed by atoms with Crippen LogP contribution < -0.4 is 0 Å². The van der Waals surface area contributed by atoms with Crippen molar-refractivity contribution in [3.8, 4) is 22.4 Å². The zero-order chi connectivity index (χ0) is 16.6. The van der Waals surface area contributed by atoms with Crippen LogP contribution in [0.1, 0.15) is 5.76 Å². The fourth-order valence-corrected chi connectivity index (χ4v) is 3.19. The molecule has 0 unspecified atom stereocenters. The van der Waals surface area contributed by atoms with E-state index in [1.807, 2.05) is 30.3 Å². The summed E-state index contributed by atoms with van der Waals surface area (Å²) in [5.74, 6) is -0.191. The first-order chi connectivity index (χ1) is 10.9. The summed E-state index contributed by atoms with van der Waals surface area (Å²) >= 11 is 0. The molecule has 0 radical (unpaired) electrons. The molecule has 0 saturated heterocycles. The van der Waals surface area contributed by atoms with Crippen molar-refractivity contribution in [2.24, 2.45) is 0 Å². The molecule has 0 aliphatic heterocycles. The van der Waals surface area contributed by atoms with Crippen LogP contribution in [0.25, 0.3) is 22.4 Å². The molecule has 0 saturated carbocycles. The predicted octanol–water partition coefficient (Wildman–Crippen LogP) is 3.86. The largest absolute Gasteiger partial charge is 0.360 e. The first-order valence-corrected chi connectivity index (χ1v) is 8.79. The lowest BCUT2D eigenvalue weighted by atomic mass is 9.99. The summed E-state index contributed by atoms with van der Waals surface area (Å²) in [6, 6.07) is 13.4. The van der Waals surface area contributed by atoms with Crippen molar-refractivity contribution < 1.29 is 17.3 Å². The van der Waals surface area contributed by atoms with E-state index in [2.05, 4.69) is 5.16 Å². The highest BCUT2D eigenvalue weighted by atomic mass is 32.2. The molecule has 0 spiro atoms. The van der Waals surface area contributed by atoms with Crippen LogP contribution in [0, 0.1) is 12.7 Å². The lowest BCUT2D eigenvalue weighted by Crippen LogP contribution is -2.00. The van der Waals surface area contributed by atoms with E-state index in [4.69, 9.17) is 4.52 Å². The lowest BCUT2D eigenvalue weighted by Gasteiger charge is -2.05. The van der Waals surface area contributed by atoms with E-state index in [0.29, 0.717) is 17.0 Å². The Labute approximate surface area is 133 Å². The third-order valence-electron chi connectivity index (χ3n) is 3.53. The summed E-state index contributed by atoms with van der Waals surface area (Å²) in [6.07, 6.45) is 0.973. The average molecular weight is 330 g/mol. The van der Waals surface area contributed by atoms with E-state index in [1.165, 1.54) is 18.2 Å². The maximum Gasteiger partial charge on any atom is 0.178 e. The summed E-state index contributed by atoms with van der Waals surface area (Å²) in [6.45, 7) is 1.78. The number of hydrogen-bond acceptors (Lipinski definition) is 4. The second kappa shape index (κ2) is 5.62.